The fourth-order valence-corrected chi connectivity index (χ4v) is 5.87. The number of hydrogen-bond acceptors (Lipinski definition) is 5. The molecule has 1 amide bonds. The summed E-state index contributed by atoms with van der Waals surface area (Å²) in [5.41, 5.74) is 2.21. The topological polar surface area (TPSA) is 78.8 Å². The molecule has 3 aromatic rings. The van der Waals surface area contributed by atoms with Crippen LogP contribution in [0.2, 0.25) is 0 Å². The molecule has 1 N–H and O–H groups in total. The molecule has 1 fully saturated rings. The molecule has 8 heteroatoms. The Morgan fingerprint density at radius 2 is 1.85 bits per heavy atom. The van der Waals surface area contributed by atoms with Crippen molar-refractivity contribution in [2.45, 2.75) is 17.7 Å². The number of nitrogens with one attached hydrogen (secondary N) is 1. The maximum Gasteiger partial charge on any atom is 0.285 e. The number of fused-ring (bicyclic) bond motifs is 1. The highest BCUT2D eigenvalue weighted by atomic mass is 32.2. The molecule has 0 aliphatic carbocycles. The molecule has 166 valence electrons. The third-order valence-corrected chi connectivity index (χ3v) is 7.87. The van der Waals surface area contributed by atoms with Gasteiger partial charge in [0.1, 0.15) is 4.90 Å². The molecule has 0 atom stereocenters. The van der Waals surface area contributed by atoms with Crippen molar-refractivity contribution >= 4 is 38.8 Å². The molecule has 6 nitrogen and oxygen atoms in total. The van der Waals surface area contributed by atoms with Crippen LogP contribution < -0.4 is 5.32 Å². The highest BCUT2D eigenvalue weighted by Crippen LogP contribution is 2.30. The minimum atomic E-state index is -3.64. The molecule has 33 heavy (non-hydrogen) atoms. The summed E-state index contributed by atoms with van der Waals surface area (Å²) in [5.74, 6) is 6.57. The number of hydrogen-bond donors (Lipinski definition) is 1. The van der Waals surface area contributed by atoms with Crippen LogP contribution in [-0.2, 0) is 14.8 Å². The number of piperidine rings is 1. The molecule has 0 radical (unpaired) electrons. The zero-order valence-corrected chi connectivity index (χ0v) is 19.3. The number of amidine groups is 1. The zero-order valence-electron chi connectivity index (χ0n) is 17.7. The van der Waals surface area contributed by atoms with Crippen LogP contribution in [0.1, 0.15) is 28.8 Å². The third kappa shape index (κ3) is 4.56. The van der Waals surface area contributed by atoms with Gasteiger partial charge in [-0.2, -0.15) is 8.42 Å². The van der Waals surface area contributed by atoms with Crippen molar-refractivity contribution in [2.24, 2.45) is 10.3 Å². The maximum atomic E-state index is 12.9. The monoisotopic (exact) mass is 475 g/mol. The van der Waals surface area contributed by atoms with Gasteiger partial charge in [-0.3, -0.25) is 4.79 Å². The summed E-state index contributed by atoms with van der Waals surface area (Å²) in [7, 11) is -3.64. The van der Waals surface area contributed by atoms with Crippen LogP contribution in [-0.4, -0.2) is 38.2 Å². The molecule has 0 bridgehead atoms. The minimum absolute atomic E-state index is 0.0283. The van der Waals surface area contributed by atoms with Gasteiger partial charge in [-0.25, -0.2) is 0 Å². The quantitative estimate of drug-likeness (QED) is 0.570. The molecule has 5 rings (SSSR count). The Bertz CT molecular complexity index is 1390. The van der Waals surface area contributed by atoms with Crippen molar-refractivity contribution in [3.8, 4) is 11.8 Å². The number of rotatable bonds is 2. The predicted molar refractivity (Wildman–Crippen MR) is 130 cm³/mol. The number of thiophene rings is 1. The lowest BCUT2D eigenvalue weighted by Crippen LogP contribution is -2.41. The van der Waals surface area contributed by atoms with E-state index in [0.717, 1.165) is 16.1 Å². The van der Waals surface area contributed by atoms with Crippen LogP contribution in [0.25, 0.3) is 0 Å². The van der Waals surface area contributed by atoms with Crippen LogP contribution in [0.4, 0.5) is 5.69 Å². The molecular weight excluding hydrogens is 454 g/mol. The number of likely N-dealkylation sites (tertiary alicyclic amines) is 1. The average molecular weight is 476 g/mol. The second-order valence-corrected chi connectivity index (χ2v) is 10.5. The second kappa shape index (κ2) is 8.85. The van der Waals surface area contributed by atoms with Gasteiger partial charge in [-0.1, -0.05) is 36.1 Å². The van der Waals surface area contributed by atoms with Crippen LogP contribution in [0, 0.1) is 17.8 Å². The van der Waals surface area contributed by atoms with Gasteiger partial charge in [0.05, 0.1) is 4.88 Å². The first-order valence-electron chi connectivity index (χ1n) is 10.7. The summed E-state index contributed by atoms with van der Waals surface area (Å²) >= 11 is 1.59. The van der Waals surface area contributed by atoms with Crippen molar-refractivity contribution in [1.82, 2.24) is 4.90 Å². The number of sulfonamides is 1. The van der Waals surface area contributed by atoms with Crippen LogP contribution in [0.3, 0.4) is 0 Å². The van der Waals surface area contributed by atoms with Gasteiger partial charge in [-0.05, 0) is 54.6 Å². The normalized spacial score (nSPS) is 17.0. The molecule has 1 saturated heterocycles. The first kappa shape index (κ1) is 21.4. The smallest absolute Gasteiger partial charge is 0.285 e. The van der Waals surface area contributed by atoms with Gasteiger partial charge >= 0.3 is 0 Å². The Hall–Kier alpha value is -3.41. The van der Waals surface area contributed by atoms with Gasteiger partial charge in [0.2, 0.25) is 5.91 Å². The molecule has 1 aromatic heterocycles. The van der Waals surface area contributed by atoms with Crippen molar-refractivity contribution in [3.63, 3.8) is 0 Å². The fourth-order valence-electron chi connectivity index (χ4n) is 4.07. The Morgan fingerprint density at radius 1 is 1.03 bits per heavy atom. The lowest BCUT2D eigenvalue weighted by molar-refractivity contribution is -0.120. The summed E-state index contributed by atoms with van der Waals surface area (Å²) in [6.45, 7) is 1.15. The van der Waals surface area contributed by atoms with E-state index in [0.29, 0.717) is 37.3 Å². The van der Waals surface area contributed by atoms with Gasteiger partial charge in [-0.15, -0.1) is 15.7 Å². The highest BCUT2D eigenvalue weighted by Gasteiger charge is 2.34. The van der Waals surface area contributed by atoms with Crippen LogP contribution >= 0.6 is 11.3 Å². The van der Waals surface area contributed by atoms with E-state index in [1.807, 2.05) is 52.7 Å². The van der Waals surface area contributed by atoms with E-state index in [-0.39, 0.29) is 16.7 Å². The molecule has 3 heterocycles. The first-order valence-corrected chi connectivity index (χ1v) is 13.0. The van der Waals surface area contributed by atoms with Crippen molar-refractivity contribution < 1.29 is 13.2 Å². The molecule has 0 saturated carbocycles. The van der Waals surface area contributed by atoms with Crippen molar-refractivity contribution in [1.29, 1.82) is 0 Å². The zero-order chi connectivity index (χ0) is 22.8. The average Bonchev–Trinajstić information content (AvgIpc) is 3.44. The molecule has 0 spiro atoms. The van der Waals surface area contributed by atoms with Crippen molar-refractivity contribution in [2.75, 3.05) is 18.4 Å². The predicted octanol–water partition coefficient (Wildman–Crippen LogP) is 3.95. The van der Waals surface area contributed by atoms with Gasteiger partial charge in [0.25, 0.3) is 10.0 Å². The summed E-state index contributed by atoms with van der Waals surface area (Å²) < 4.78 is 28.7. The number of carbonyl (C=O) groups excluding carboxylic acids is 1. The summed E-state index contributed by atoms with van der Waals surface area (Å²) in [6, 6.07) is 18.4. The summed E-state index contributed by atoms with van der Waals surface area (Å²) in [4.78, 5) is 16.1. The standard InChI is InChI=1S/C25H21N3O3S2/c29-25(26-20-6-3-5-18(17-20)10-11-21-7-4-16-32-21)19-12-14-28(15-13-19)24-22-8-1-2-9-23(22)33(30,31)27-24/h1-9,16-17,19H,12-15H2,(H,26,29). The van der Waals surface area contributed by atoms with Crippen LogP contribution in [0.15, 0.2) is 75.3 Å². The highest BCUT2D eigenvalue weighted by molar-refractivity contribution is 7.90. The molecule has 0 unspecified atom stereocenters. The maximum absolute atomic E-state index is 12.9. The Labute approximate surface area is 197 Å². The minimum Gasteiger partial charge on any atom is -0.355 e. The molecule has 2 aromatic carbocycles. The number of amides is 1. The Morgan fingerprint density at radius 3 is 2.64 bits per heavy atom. The SMILES string of the molecule is O=C(Nc1cccc(C#Cc2cccs2)c1)C1CCN(C2=NS(=O)(=O)c3ccccc32)CC1. The van der Waals surface area contributed by atoms with E-state index >= 15 is 0 Å². The Balaban J connectivity index is 1.22. The third-order valence-electron chi connectivity index (χ3n) is 5.76. The van der Waals surface area contributed by atoms with Gasteiger partial charge < -0.3 is 10.2 Å². The molecule has 2 aliphatic heterocycles. The fraction of sp³-hybridized carbons (Fsp3) is 0.200. The number of nitrogens with zero attached hydrogens (tertiary/aromatic N) is 2. The van der Waals surface area contributed by atoms with Gasteiger partial charge in [0.15, 0.2) is 5.84 Å². The van der Waals surface area contributed by atoms with E-state index in [1.165, 1.54) is 0 Å². The number of carbonyl (C=O) groups is 1. The number of benzene rings is 2. The van der Waals surface area contributed by atoms with Crippen LogP contribution in [0.5, 0.6) is 0 Å². The summed E-state index contributed by atoms with van der Waals surface area (Å²) in [6.07, 6.45) is 1.26. The van der Waals surface area contributed by atoms with Gasteiger partial charge in [0, 0.05) is 35.8 Å². The van der Waals surface area contributed by atoms with E-state index in [1.54, 1.807) is 29.5 Å². The first-order chi connectivity index (χ1) is 16.0. The Kier molecular flexibility index (Phi) is 5.75. The molecule has 2 aliphatic rings. The molecular formula is C25H21N3O3S2. The summed E-state index contributed by atoms with van der Waals surface area (Å²) in [5, 5.41) is 5.00. The van der Waals surface area contributed by atoms with E-state index in [4.69, 9.17) is 0 Å². The van der Waals surface area contributed by atoms with E-state index in [2.05, 4.69) is 21.6 Å². The lowest BCUT2D eigenvalue weighted by atomic mass is 9.95. The second-order valence-electron chi connectivity index (χ2n) is 7.94. The largest absolute Gasteiger partial charge is 0.355 e. The lowest BCUT2D eigenvalue weighted by Gasteiger charge is -2.32. The van der Waals surface area contributed by atoms with E-state index < -0.39 is 10.0 Å². The van der Waals surface area contributed by atoms with E-state index in [9.17, 15) is 13.2 Å². The van der Waals surface area contributed by atoms with Crippen molar-refractivity contribution in [3.05, 3.63) is 82.0 Å². The number of anilines is 1.